The molecule has 0 aromatic carbocycles. The van der Waals surface area contributed by atoms with Crippen LogP contribution in [-0.4, -0.2) is 29.4 Å². The summed E-state index contributed by atoms with van der Waals surface area (Å²) in [7, 11) is 1.75. The molecule has 1 amide bonds. The van der Waals surface area contributed by atoms with Gasteiger partial charge in [0, 0.05) is 20.1 Å². The first kappa shape index (κ1) is 14.8. The van der Waals surface area contributed by atoms with Crippen LogP contribution in [0.3, 0.4) is 0 Å². The molecule has 0 spiro atoms. The van der Waals surface area contributed by atoms with E-state index in [0.717, 1.165) is 12.1 Å². The first-order chi connectivity index (χ1) is 9.61. The molecule has 2 rings (SSSR count). The molecule has 6 heteroatoms. The number of hydrogen-bond donors (Lipinski definition) is 1. The molecule has 0 radical (unpaired) electrons. The Morgan fingerprint density at radius 1 is 1.45 bits per heavy atom. The molecule has 2 heterocycles. The number of halogens is 1. The minimum atomic E-state index is -0.180. The molecule has 20 heavy (non-hydrogen) atoms. The van der Waals surface area contributed by atoms with Crippen molar-refractivity contribution in [3.8, 4) is 0 Å². The van der Waals surface area contributed by atoms with Gasteiger partial charge in [-0.25, -0.2) is 4.98 Å². The van der Waals surface area contributed by atoms with Gasteiger partial charge < -0.3 is 10.2 Å². The van der Waals surface area contributed by atoms with Crippen LogP contribution in [0.4, 0.5) is 5.82 Å². The van der Waals surface area contributed by atoms with Crippen molar-refractivity contribution in [1.29, 1.82) is 0 Å². The SMILES string of the molecule is CCNc1ccc(Cl)c(C(=O)N(C)Cc2ccsc2)n1. The van der Waals surface area contributed by atoms with Gasteiger partial charge in [-0.1, -0.05) is 11.6 Å². The lowest BCUT2D eigenvalue weighted by Crippen LogP contribution is -2.27. The van der Waals surface area contributed by atoms with E-state index in [0.29, 0.717) is 17.4 Å². The van der Waals surface area contributed by atoms with Gasteiger partial charge in [0.15, 0.2) is 0 Å². The van der Waals surface area contributed by atoms with Crippen LogP contribution in [0, 0.1) is 0 Å². The van der Waals surface area contributed by atoms with E-state index < -0.39 is 0 Å². The molecule has 0 aliphatic rings. The molecule has 0 aliphatic carbocycles. The predicted molar refractivity (Wildman–Crippen MR) is 83.5 cm³/mol. The summed E-state index contributed by atoms with van der Waals surface area (Å²) in [6.07, 6.45) is 0. The first-order valence-electron chi connectivity index (χ1n) is 6.28. The molecule has 0 atom stereocenters. The van der Waals surface area contributed by atoms with Gasteiger partial charge in [-0.15, -0.1) is 0 Å². The Morgan fingerprint density at radius 3 is 2.90 bits per heavy atom. The highest BCUT2D eigenvalue weighted by Crippen LogP contribution is 2.19. The minimum Gasteiger partial charge on any atom is -0.370 e. The number of hydrogen-bond acceptors (Lipinski definition) is 4. The summed E-state index contributed by atoms with van der Waals surface area (Å²) in [4.78, 5) is 18.3. The molecule has 0 bridgehead atoms. The lowest BCUT2D eigenvalue weighted by molar-refractivity contribution is 0.0780. The van der Waals surface area contributed by atoms with Crippen molar-refractivity contribution < 1.29 is 4.79 Å². The molecule has 0 aliphatic heterocycles. The third-order valence-electron chi connectivity index (χ3n) is 2.75. The number of aromatic nitrogens is 1. The highest BCUT2D eigenvalue weighted by atomic mass is 35.5. The number of amides is 1. The number of thiophene rings is 1. The van der Waals surface area contributed by atoms with Crippen molar-refractivity contribution in [3.63, 3.8) is 0 Å². The number of pyridine rings is 1. The van der Waals surface area contributed by atoms with Crippen molar-refractivity contribution in [1.82, 2.24) is 9.88 Å². The lowest BCUT2D eigenvalue weighted by Gasteiger charge is -2.17. The van der Waals surface area contributed by atoms with E-state index in [1.165, 1.54) is 0 Å². The zero-order valence-electron chi connectivity index (χ0n) is 11.4. The maximum absolute atomic E-state index is 12.4. The van der Waals surface area contributed by atoms with E-state index in [1.807, 2.05) is 23.8 Å². The Balaban J connectivity index is 2.17. The second-order valence-corrected chi connectivity index (χ2v) is 5.54. The average Bonchev–Trinajstić information content (AvgIpc) is 2.93. The van der Waals surface area contributed by atoms with E-state index in [4.69, 9.17) is 11.6 Å². The van der Waals surface area contributed by atoms with Gasteiger partial charge in [-0.3, -0.25) is 4.79 Å². The van der Waals surface area contributed by atoms with Crippen LogP contribution < -0.4 is 5.32 Å². The number of rotatable bonds is 5. The zero-order chi connectivity index (χ0) is 14.5. The van der Waals surface area contributed by atoms with Crippen LogP contribution in [0.2, 0.25) is 5.02 Å². The quantitative estimate of drug-likeness (QED) is 0.919. The highest BCUT2D eigenvalue weighted by Gasteiger charge is 2.17. The summed E-state index contributed by atoms with van der Waals surface area (Å²) in [5, 5.41) is 7.46. The maximum Gasteiger partial charge on any atom is 0.274 e. The Morgan fingerprint density at radius 2 is 2.25 bits per heavy atom. The third-order valence-corrected chi connectivity index (χ3v) is 3.79. The van der Waals surface area contributed by atoms with Gasteiger partial charge in [-0.05, 0) is 41.4 Å². The first-order valence-corrected chi connectivity index (χ1v) is 7.61. The molecule has 2 aromatic rings. The minimum absolute atomic E-state index is 0.180. The van der Waals surface area contributed by atoms with Gasteiger partial charge in [0.25, 0.3) is 5.91 Å². The van der Waals surface area contributed by atoms with Crippen molar-refractivity contribution in [2.45, 2.75) is 13.5 Å². The second kappa shape index (κ2) is 6.72. The van der Waals surface area contributed by atoms with E-state index >= 15 is 0 Å². The fourth-order valence-corrected chi connectivity index (χ4v) is 2.63. The van der Waals surface area contributed by atoms with Crippen LogP contribution in [0.5, 0.6) is 0 Å². The van der Waals surface area contributed by atoms with Crippen molar-refractivity contribution >= 4 is 34.7 Å². The molecule has 106 valence electrons. The fourth-order valence-electron chi connectivity index (χ4n) is 1.78. The summed E-state index contributed by atoms with van der Waals surface area (Å²) in [5.74, 6) is 0.477. The number of nitrogens with zero attached hydrogens (tertiary/aromatic N) is 2. The van der Waals surface area contributed by atoms with Gasteiger partial charge in [0.05, 0.1) is 5.02 Å². The number of carbonyl (C=O) groups excluding carboxylic acids is 1. The Labute approximate surface area is 127 Å². The Bertz CT molecular complexity index is 586. The number of carbonyl (C=O) groups is 1. The Kier molecular flexibility index (Phi) is 4.98. The largest absolute Gasteiger partial charge is 0.370 e. The fraction of sp³-hybridized carbons (Fsp3) is 0.286. The molecule has 1 N–H and O–H groups in total. The maximum atomic E-state index is 12.4. The van der Waals surface area contributed by atoms with Crippen LogP contribution in [-0.2, 0) is 6.54 Å². The van der Waals surface area contributed by atoms with E-state index in [2.05, 4.69) is 10.3 Å². The van der Waals surface area contributed by atoms with Gasteiger partial charge >= 0.3 is 0 Å². The van der Waals surface area contributed by atoms with Crippen LogP contribution >= 0.6 is 22.9 Å². The standard InChI is InChI=1S/C14H16ClN3OS/c1-3-16-12-5-4-11(15)13(17-12)14(19)18(2)8-10-6-7-20-9-10/h4-7,9H,3,8H2,1-2H3,(H,16,17). The molecule has 0 saturated heterocycles. The van der Waals surface area contributed by atoms with Crippen molar-refractivity contribution in [2.75, 3.05) is 18.9 Å². The summed E-state index contributed by atoms with van der Waals surface area (Å²) >= 11 is 7.69. The number of nitrogens with one attached hydrogen (secondary N) is 1. The van der Waals surface area contributed by atoms with Crippen LogP contribution in [0.15, 0.2) is 29.0 Å². The highest BCUT2D eigenvalue weighted by molar-refractivity contribution is 7.07. The third kappa shape index (κ3) is 3.49. The molecule has 2 aromatic heterocycles. The molecule has 0 saturated carbocycles. The smallest absolute Gasteiger partial charge is 0.274 e. The molecule has 0 unspecified atom stereocenters. The normalized spacial score (nSPS) is 10.3. The number of anilines is 1. The molecular weight excluding hydrogens is 294 g/mol. The lowest BCUT2D eigenvalue weighted by atomic mass is 10.2. The van der Waals surface area contributed by atoms with E-state index in [9.17, 15) is 4.79 Å². The van der Waals surface area contributed by atoms with Gasteiger partial charge in [0.1, 0.15) is 11.5 Å². The summed E-state index contributed by atoms with van der Waals surface area (Å²) in [6, 6.07) is 5.46. The molecule has 0 fully saturated rings. The van der Waals surface area contributed by atoms with Gasteiger partial charge in [0.2, 0.25) is 0 Å². The average molecular weight is 310 g/mol. The molecule has 4 nitrogen and oxygen atoms in total. The summed E-state index contributed by atoms with van der Waals surface area (Å²) < 4.78 is 0. The van der Waals surface area contributed by atoms with Crippen LogP contribution in [0.1, 0.15) is 23.0 Å². The molecular formula is C14H16ClN3OS. The van der Waals surface area contributed by atoms with Crippen molar-refractivity contribution in [3.05, 3.63) is 45.2 Å². The van der Waals surface area contributed by atoms with E-state index in [-0.39, 0.29) is 11.6 Å². The predicted octanol–water partition coefficient (Wildman–Crippen LogP) is 3.50. The summed E-state index contributed by atoms with van der Waals surface area (Å²) in [6.45, 7) is 3.26. The monoisotopic (exact) mass is 309 g/mol. The van der Waals surface area contributed by atoms with Crippen LogP contribution in [0.25, 0.3) is 0 Å². The zero-order valence-corrected chi connectivity index (χ0v) is 13.0. The van der Waals surface area contributed by atoms with Gasteiger partial charge in [-0.2, -0.15) is 11.3 Å². The van der Waals surface area contributed by atoms with Crippen molar-refractivity contribution in [2.24, 2.45) is 0 Å². The topological polar surface area (TPSA) is 45.2 Å². The second-order valence-electron chi connectivity index (χ2n) is 4.35. The van der Waals surface area contributed by atoms with E-state index in [1.54, 1.807) is 35.4 Å². The Hall–Kier alpha value is -1.59. The summed E-state index contributed by atoms with van der Waals surface area (Å²) in [5.41, 5.74) is 1.38.